The maximum Gasteiger partial charge on any atom is 0.311 e. The van der Waals surface area contributed by atoms with Gasteiger partial charge < -0.3 is 81.2 Å². The van der Waals surface area contributed by atoms with Gasteiger partial charge in [0.1, 0.15) is 29.5 Å². The number of cyclic esters (lactones) is 1. The molecule has 0 unspecified atom stereocenters. The average molecular weight is 942 g/mol. The quantitative estimate of drug-likeness (QED) is 0.164. The molecule has 66 heavy (non-hydrogen) atoms. The van der Waals surface area contributed by atoms with Gasteiger partial charge in [-0.3, -0.25) is 14.4 Å². The van der Waals surface area contributed by atoms with Crippen LogP contribution in [0.25, 0.3) is 0 Å². The normalized spacial score (nSPS) is 40.3. The number of allylic oxidation sites excluding steroid dienone is 10. The number of ketones is 1. The second kappa shape index (κ2) is 29.4. The Morgan fingerprint density at radius 2 is 1.26 bits per heavy atom. The molecule has 2 rings (SSSR count). The van der Waals surface area contributed by atoms with E-state index in [2.05, 4.69) is 0 Å². The summed E-state index contributed by atoms with van der Waals surface area (Å²) in [6, 6.07) is -1.16. The molecule has 0 bridgehead atoms. The fourth-order valence-electron chi connectivity index (χ4n) is 7.48. The van der Waals surface area contributed by atoms with Crippen molar-refractivity contribution in [1.82, 2.24) is 0 Å². The molecule has 2 heterocycles. The third-order valence-electron chi connectivity index (χ3n) is 11.8. The minimum Gasteiger partial charge on any atom is -0.481 e. The van der Waals surface area contributed by atoms with Gasteiger partial charge in [-0.2, -0.15) is 0 Å². The first kappa shape index (κ1) is 58.6. The van der Waals surface area contributed by atoms with Gasteiger partial charge in [0.25, 0.3) is 0 Å². The van der Waals surface area contributed by atoms with Crippen molar-refractivity contribution in [1.29, 1.82) is 0 Å². The lowest BCUT2D eigenvalue weighted by Crippen LogP contribution is -2.61. The Morgan fingerprint density at radius 3 is 1.89 bits per heavy atom. The van der Waals surface area contributed by atoms with E-state index in [9.17, 15) is 75.7 Å². The molecular formula is C47H75NO18. The van der Waals surface area contributed by atoms with Crippen molar-refractivity contribution in [3.05, 3.63) is 72.9 Å². The van der Waals surface area contributed by atoms with Gasteiger partial charge in [0.15, 0.2) is 6.29 Å². The second-order valence-electron chi connectivity index (χ2n) is 17.6. The lowest BCUT2D eigenvalue weighted by molar-refractivity contribution is -0.277. The summed E-state index contributed by atoms with van der Waals surface area (Å²) in [6.45, 7) is 6.04. The number of rotatable bonds is 3. The van der Waals surface area contributed by atoms with E-state index in [1.165, 1.54) is 39.0 Å². The van der Waals surface area contributed by atoms with Crippen molar-refractivity contribution >= 4 is 17.7 Å². The number of carbonyl (C=O) groups is 3. The standard InChI is InChI=1S/C47H75NO18/c1-27-28(2)64-39(57)25-32(51)22-31(50)21-30(49)18-19-35(53)36(54)23-33(52)24-37(55)40(45(61)62)38(56)26-34(66-46-43(59)41(48)42(58)29(3)65-46)17-15-13-11-9-7-5-6-8-10-12-14-16-20-47(4,63)44(27)60/h5-7,9,11-17,20,27-32,34-38,40-44,46,49-51,53-56,58-60,63H,8,10,18-19,21-26,48H2,1-4H3,(H,61,62)/t27-,28+,29-,30-,31-,32-,34-,35+,36-,37+,38-,40+,41+,42+,43+,44+,46+,47+/m1/s1. The van der Waals surface area contributed by atoms with Gasteiger partial charge >= 0.3 is 11.9 Å². The Labute approximate surface area is 386 Å². The van der Waals surface area contributed by atoms with Gasteiger partial charge in [-0.1, -0.05) is 79.8 Å². The fourth-order valence-corrected chi connectivity index (χ4v) is 7.48. The smallest absolute Gasteiger partial charge is 0.311 e. The highest BCUT2D eigenvalue weighted by molar-refractivity contribution is 5.81. The first-order valence-electron chi connectivity index (χ1n) is 22.5. The molecule has 0 spiro atoms. The zero-order chi connectivity index (χ0) is 49.7. The van der Waals surface area contributed by atoms with Crippen LogP contribution in [0, 0.1) is 11.8 Å². The fraction of sp³-hybridized carbons (Fsp3) is 0.681. The molecule has 1 fully saturated rings. The van der Waals surface area contributed by atoms with Crippen molar-refractivity contribution in [3.63, 3.8) is 0 Å². The monoisotopic (exact) mass is 941 g/mol. The molecule has 2 aliphatic heterocycles. The first-order valence-corrected chi connectivity index (χ1v) is 22.5. The molecule has 0 aromatic carbocycles. The largest absolute Gasteiger partial charge is 0.481 e. The van der Waals surface area contributed by atoms with Crippen LogP contribution in [0.2, 0.25) is 0 Å². The summed E-state index contributed by atoms with van der Waals surface area (Å²) >= 11 is 0. The zero-order valence-corrected chi connectivity index (χ0v) is 38.2. The zero-order valence-electron chi connectivity index (χ0n) is 38.2. The van der Waals surface area contributed by atoms with E-state index in [0.29, 0.717) is 12.8 Å². The van der Waals surface area contributed by atoms with Crippen LogP contribution in [0.4, 0.5) is 0 Å². The van der Waals surface area contributed by atoms with Crippen LogP contribution in [-0.2, 0) is 28.6 Å². The van der Waals surface area contributed by atoms with Gasteiger partial charge in [-0.15, -0.1) is 0 Å². The van der Waals surface area contributed by atoms with Crippen LogP contribution in [0.5, 0.6) is 0 Å². The predicted molar refractivity (Wildman–Crippen MR) is 240 cm³/mol. The average Bonchev–Trinajstić information content (AvgIpc) is 3.22. The summed E-state index contributed by atoms with van der Waals surface area (Å²) in [4.78, 5) is 37.8. The molecule has 0 aliphatic carbocycles. The summed E-state index contributed by atoms with van der Waals surface area (Å²) in [6.07, 6.45) is -1.60. The first-order chi connectivity index (χ1) is 30.9. The number of aliphatic hydroxyl groups is 11. The van der Waals surface area contributed by atoms with E-state index in [4.69, 9.17) is 19.9 Å². The number of carboxylic acids is 1. The highest BCUT2D eigenvalue weighted by Crippen LogP contribution is 2.27. The van der Waals surface area contributed by atoms with E-state index in [-0.39, 0.29) is 25.7 Å². The molecule has 0 aromatic rings. The summed E-state index contributed by atoms with van der Waals surface area (Å²) in [5, 5.41) is 127. The van der Waals surface area contributed by atoms with E-state index < -0.39 is 153 Å². The van der Waals surface area contributed by atoms with Crippen LogP contribution < -0.4 is 5.73 Å². The predicted octanol–water partition coefficient (Wildman–Crippen LogP) is -0.107. The van der Waals surface area contributed by atoms with Crippen molar-refractivity contribution in [2.75, 3.05) is 0 Å². The van der Waals surface area contributed by atoms with Crippen LogP contribution in [0.1, 0.15) is 91.9 Å². The summed E-state index contributed by atoms with van der Waals surface area (Å²) in [5.41, 5.74) is 4.27. The maximum atomic E-state index is 12.9. The molecule has 18 atom stereocenters. The number of nitrogens with two attached hydrogens (primary N) is 1. The lowest BCUT2D eigenvalue weighted by atomic mass is 9.86. The lowest BCUT2D eigenvalue weighted by Gasteiger charge is -2.41. The SMILES string of the molecule is C[C@@H]1[C@H](C)OC(=O)C[C@H](O)C[C@H](O)C[C@H](O)CC[C@H](O)[C@H](O)CC(=O)C[C@H](O)[C@H](C(=O)O)[C@H](O)C[C@H](O[C@@H]2O[C@H](C)[C@H](O)[C@H](N)[C@@H]2O)C=CC=CC=CC=CCCC=CC=C[C@](C)(O)[C@H]1O. The number of aliphatic carboxylic acids is 1. The summed E-state index contributed by atoms with van der Waals surface area (Å²) in [5.74, 6) is -6.01. The van der Waals surface area contributed by atoms with Gasteiger partial charge in [0.05, 0.1) is 79.6 Å². The Hall–Kier alpha value is -3.51. The summed E-state index contributed by atoms with van der Waals surface area (Å²) in [7, 11) is 0. The Balaban J connectivity index is 2.29. The number of hydrogen-bond donors (Lipinski definition) is 13. The van der Waals surface area contributed by atoms with Crippen molar-refractivity contribution in [2.24, 2.45) is 17.6 Å². The molecule has 0 amide bonds. The highest BCUT2D eigenvalue weighted by atomic mass is 16.7. The van der Waals surface area contributed by atoms with Crippen LogP contribution in [-0.4, -0.2) is 176 Å². The van der Waals surface area contributed by atoms with E-state index in [0.717, 1.165) is 0 Å². The summed E-state index contributed by atoms with van der Waals surface area (Å²) < 4.78 is 16.9. The number of hydrogen-bond acceptors (Lipinski definition) is 18. The topological polar surface area (TPSA) is 348 Å². The number of carbonyl (C=O) groups excluding carboxylic acids is 2. The van der Waals surface area contributed by atoms with Gasteiger partial charge in [-0.25, -0.2) is 0 Å². The molecule has 19 nitrogen and oxygen atoms in total. The van der Waals surface area contributed by atoms with Crippen LogP contribution in [0.15, 0.2) is 72.9 Å². The minimum absolute atomic E-state index is 0.166. The van der Waals surface area contributed by atoms with Crippen molar-refractivity contribution < 1.29 is 89.9 Å². The molecule has 376 valence electrons. The molecule has 0 radical (unpaired) electrons. The molecule has 0 aromatic heterocycles. The number of esters is 1. The minimum atomic E-state index is -1.96. The highest BCUT2D eigenvalue weighted by Gasteiger charge is 2.43. The second-order valence-corrected chi connectivity index (χ2v) is 17.6. The molecule has 14 N–H and O–H groups in total. The Bertz CT molecular complexity index is 1650. The Kier molecular flexibility index (Phi) is 26.1. The third kappa shape index (κ3) is 20.8. The van der Waals surface area contributed by atoms with Crippen LogP contribution in [0.3, 0.4) is 0 Å². The number of Topliss-reactive ketones (excluding diaryl/α,β-unsaturated/α-hetero) is 1. The van der Waals surface area contributed by atoms with E-state index in [1.807, 2.05) is 18.2 Å². The molecule has 19 heteroatoms. The number of aliphatic hydroxyl groups excluding tert-OH is 10. The maximum absolute atomic E-state index is 12.9. The van der Waals surface area contributed by atoms with Gasteiger partial charge in [0, 0.05) is 25.2 Å². The number of ether oxygens (including phenoxy) is 3. The van der Waals surface area contributed by atoms with Crippen molar-refractivity contribution in [3.8, 4) is 0 Å². The van der Waals surface area contributed by atoms with Gasteiger partial charge in [0.2, 0.25) is 0 Å². The molecule has 1 saturated heterocycles. The van der Waals surface area contributed by atoms with Crippen LogP contribution >= 0.6 is 0 Å². The molecule has 0 saturated carbocycles. The van der Waals surface area contributed by atoms with E-state index >= 15 is 0 Å². The van der Waals surface area contributed by atoms with E-state index in [1.54, 1.807) is 43.4 Å². The molecular weight excluding hydrogens is 867 g/mol. The Morgan fingerprint density at radius 1 is 0.682 bits per heavy atom. The van der Waals surface area contributed by atoms with Gasteiger partial charge in [-0.05, 0) is 59.3 Å². The molecule has 2 aliphatic rings. The number of carboxylic acid groups (broad SMARTS) is 1. The third-order valence-corrected chi connectivity index (χ3v) is 11.8. The van der Waals surface area contributed by atoms with Crippen molar-refractivity contribution in [2.45, 2.75) is 189 Å².